The van der Waals surface area contributed by atoms with Gasteiger partial charge in [-0.15, -0.1) is 0 Å². The minimum atomic E-state index is -1.03. The monoisotopic (exact) mass is 164 g/mol. The highest BCUT2D eigenvalue weighted by molar-refractivity contribution is 6.21. The molecule has 0 bridgehead atoms. The van der Waals surface area contributed by atoms with Gasteiger partial charge in [-0.25, -0.2) is 0 Å². The van der Waals surface area contributed by atoms with Crippen molar-refractivity contribution in [2.75, 3.05) is 0 Å². The molecule has 0 radical (unpaired) electrons. The molecule has 1 aromatic carbocycles. The molecule has 0 amide bonds. The van der Waals surface area contributed by atoms with E-state index >= 15 is 0 Å². The molecular weight excluding hydrogens is 152 g/mol. The van der Waals surface area contributed by atoms with Gasteiger partial charge < -0.3 is 0 Å². The van der Waals surface area contributed by atoms with Crippen molar-refractivity contribution in [3.8, 4) is 0 Å². The molecule has 2 nitrogen and oxygen atoms in total. The second-order valence-corrected chi connectivity index (χ2v) is 2.16. The van der Waals surface area contributed by atoms with Crippen LogP contribution >= 0.6 is 0 Å². The maximum atomic E-state index is 11.7. The molecule has 1 aliphatic rings. The summed E-state index contributed by atoms with van der Waals surface area (Å²) in [5.41, 5.74) is -1.04. The largest absolute Gasteiger partial charge is 0.289 e. The van der Waals surface area contributed by atoms with Crippen molar-refractivity contribution in [1.82, 2.24) is 0 Å². The van der Waals surface area contributed by atoms with Gasteiger partial charge in [-0.2, -0.15) is 0 Å². The molecule has 1 aliphatic carbocycles. The third-order valence-electron chi connectivity index (χ3n) is 1.43. The van der Waals surface area contributed by atoms with Crippen LogP contribution in [0.15, 0.2) is 36.3 Å². The number of hydrogen-bond acceptors (Lipinski definition) is 2. The molecule has 0 saturated heterocycles. The molecule has 0 atom stereocenters. The zero-order valence-electron chi connectivity index (χ0n) is 11.8. The van der Waals surface area contributed by atoms with E-state index in [0.29, 0.717) is 0 Å². The molecule has 58 valence electrons. The first-order valence-corrected chi connectivity index (χ1v) is 3.16. The number of ketones is 2. The van der Waals surface area contributed by atoms with Crippen molar-refractivity contribution in [3.05, 3.63) is 47.4 Å². The first kappa shape index (κ1) is 2.98. The molecule has 0 aromatic heterocycles. The van der Waals surface area contributed by atoms with Crippen molar-refractivity contribution in [2.45, 2.75) is 0 Å². The summed E-state index contributed by atoms with van der Waals surface area (Å²) in [4.78, 5) is 23.5. The van der Waals surface area contributed by atoms with Crippen LogP contribution in [0.2, 0.25) is 0 Å². The van der Waals surface area contributed by atoms with E-state index in [1.165, 1.54) is 0 Å². The third kappa shape index (κ3) is 0.889. The third-order valence-corrected chi connectivity index (χ3v) is 1.43. The van der Waals surface area contributed by atoms with Crippen LogP contribution in [0, 0.1) is 0 Å². The fraction of sp³-hybridized carbons (Fsp3) is 0. The lowest BCUT2D eigenvalue weighted by Crippen LogP contribution is -2.10. The van der Waals surface area contributed by atoms with E-state index in [9.17, 15) is 9.59 Å². The Hall–Kier alpha value is -1.70. The van der Waals surface area contributed by atoms with Crippen molar-refractivity contribution in [1.29, 1.82) is 0 Å². The van der Waals surface area contributed by atoms with E-state index < -0.39 is 59.0 Å². The first-order chi connectivity index (χ1) is 8.29. The minimum absolute atomic E-state index is 0.521. The molecule has 0 aliphatic heterocycles. The average Bonchev–Trinajstić information content (AvgIpc) is 2.35. The highest BCUT2D eigenvalue weighted by atomic mass is 16.1. The molecule has 0 unspecified atom stereocenters. The minimum Gasteiger partial charge on any atom is -0.289 e. The van der Waals surface area contributed by atoms with Gasteiger partial charge in [0.2, 0.25) is 0 Å². The molecule has 0 fully saturated rings. The second-order valence-electron chi connectivity index (χ2n) is 2.16. The van der Waals surface area contributed by atoms with Crippen LogP contribution < -0.4 is 0 Å². The van der Waals surface area contributed by atoms with E-state index in [1.807, 2.05) is 0 Å². The van der Waals surface area contributed by atoms with Crippen molar-refractivity contribution in [2.24, 2.45) is 0 Å². The summed E-state index contributed by atoms with van der Waals surface area (Å²) in [5, 5.41) is 0. The summed E-state index contributed by atoms with van der Waals surface area (Å²) in [5.74, 6) is -2.05. The van der Waals surface area contributed by atoms with E-state index in [1.54, 1.807) is 0 Å². The molecule has 2 heteroatoms. The number of benzene rings is 1. The quantitative estimate of drug-likeness (QED) is 0.584. The Morgan fingerprint density at radius 2 is 1.33 bits per heavy atom. The van der Waals surface area contributed by atoms with Crippen LogP contribution in [0.5, 0.6) is 0 Å². The zero-order chi connectivity index (χ0) is 13.8. The van der Waals surface area contributed by atoms with E-state index in [0.717, 1.165) is 0 Å². The van der Waals surface area contributed by atoms with Crippen LogP contribution in [0.25, 0.3) is 0 Å². The summed E-state index contributed by atoms with van der Waals surface area (Å²) in [6, 6.07) is -4.28. The first-order valence-electron chi connectivity index (χ1n) is 6.16. The maximum Gasteiger partial charge on any atom is 0.186 e. The molecule has 2 rings (SSSR count). The number of hydrogen-bond donors (Lipinski definition) is 0. The SMILES string of the molecule is [2H]C1=C([2H])C(=O)c2c([2H])c([2H])c([2H])c([2H])c2C1=O. The molecule has 0 spiro atoms. The van der Waals surface area contributed by atoms with E-state index in [4.69, 9.17) is 8.22 Å². The Morgan fingerprint density at radius 1 is 0.917 bits per heavy atom. The maximum absolute atomic E-state index is 11.7. The van der Waals surface area contributed by atoms with E-state index in [-0.39, 0.29) is 0 Å². The Bertz CT molecular complexity index is 592. The molecule has 0 heterocycles. The number of allylic oxidation sites excluding steroid dienone is 2. The van der Waals surface area contributed by atoms with Gasteiger partial charge in [0.1, 0.15) is 0 Å². The fourth-order valence-electron chi connectivity index (χ4n) is 0.892. The Labute approximate surface area is 77.9 Å². The zero-order valence-corrected chi connectivity index (χ0v) is 5.82. The highest BCUT2D eigenvalue weighted by Crippen LogP contribution is 2.15. The van der Waals surface area contributed by atoms with Gasteiger partial charge in [-0.05, 0) is 12.1 Å². The lowest BCUT2D eigenvalue weighted by atomic mass is 9.95. The van der Waals surface area contributed by atoms with Gasteiger partial charge in [-0.3, -0.25) is 9.59 Å². The predicted molar refractivity (Wildman–Crippen MR) is 44.2 cm³/mol. The van der Waals surface area contributed by atoms with Crippen LogP contribution in [0.1, 0.15) is 28.9 Å². The smallest absolute Gasteiger partial charge is 0.186 e. The lowest BCUT2D eigenvalue weighted by Gasteiger charge is -2.06. The standard InChI is InChI=1S/C10H6O2/c11-9-5-6-10(12)8-4-2-1-3-7(8)9/h1-6H/i1D,2D,3D,4D,5D,6D. The Balaban J connectivity index is 2.96. The van der Waals surface area contributed by atoms with Gasteiger partial charge in [0.15, 0.2) is 11.6 Å². The summed E-state index contributed by atoms with van der Waals surface area (Å²) in [6.07, 6.45) is 0. The molecular formula is C10H6O2. The van der Waals surface area contributed by atoms with Crippen LogP contribution in [-0.4, -0.2) is 11.6 Å². The van der Waals surface area contributed by atoms with Crippen molar-refractivity contribution in [3.63, 3.8) is 0 Å². The molecule has 0 N–H and O–H groups in total. The number of carbonyl (C=O) groups is 2. The number of fused-ring (bicyclic) bond motifs is 1. The molecule has 12 heavy (non-hydrogen) atoms. The Morgan fingerprint density at radius 3 is 1.75 bits per heavy atom. The van der Waals surface area contributed by atoms with Crippen LogP contribution in [-0.2, 0) is 0 Å². The van der Waals surface area contributed by atoms with Gasteiger partial charge in [0, 0.05) is 11.1 Å². The van der Waals surface area contributed by atoms with Gasteiger partial charge in [-0.1, -0.05) is 24.2 Å². The lowest BCUT2D eigenvalue weighted by molar-refractivity contribution is 0.0994. The van der Waals surface area contributed by atoms with Crippen molar-refractivity contribution < 1.29 is 17.8 Å². The summed E-state index contributed by atoms with van der Waals surface area (Å²) >= 11 is 0. The predicted octanol–water partition coefficient (Wildman–Crippen LogP) is 1.62. The Kier molecular flexibility index (Phi) is 0.598. The fourth-order valence-corrected chi connectivity index (χ4v) is 0.892. The summed E-state index contributed by atoms with van der Waals surface area (Å²) in [6.45, 7) is 0. The van der Waals surface area contributed by atoms with Gasteiger partial charge in [0.05, 0.1) is 8.22 Å². The second kappa shape index (κ2) is 2.41. The van der Waals surface area contributed by atoms with Gasteiger partial charge >= 0.3 is 0 Å². The van der Waals surface area contributed by atoms with E-state index in [2.05, 4.69) is 0 Å². The summed E-state index contributed by atoms with van der Waals surface area (Å²) < 4.78 is 44.6. The van der Waals surface area contributed by atoms with Crippen molar-refractivity contribution >= 4 is 11.6 Å². The summed E-state index contributed by atoms with van der Waals surface area (Å²) in [7, 11) is 0. The highest BCUT2D eigenvalue weighted by Gasteiger charge is 2.16. The average molecular weight is 164 g/mol. The normalized spacial score (nSPS) is 23.3. The molecule has 1 aromatic rings. The number of carbonyl (C=O) groups excluding carboxylic acids is 2. The number of rotatable bonds is 0. The van der Waals surface area contributed by atoms with Crippen LogP contribution in [0.4, 0.5) is 0 Å². The van der Waals surface area contributed by atoms with Gasteiger partial charge in [0.25, 0.3) is 0 Å². The molecule has 0 saturated carbocycles. The van der Waals surface area contributed by atoms with Crippen LogP contribution in [0.3, 0.4) is 0 Å². The topological polar surface area (TPSA) is 34.1 Å².